The molecule has 1 N–H and O–H groups in total. The number of amides is 1. The van der Waals surface area contributed by atoms with Crippen LogP contribution in [0.3, 0.4) is 0 Å². The van der Waals surface area contributed by atoms with Crippen molar-refractivity contribution < 1.29 is 4.79 Å². The first-order valence-electron chi connectivity index (χ1n) is 6.98. The number of hydrogen-bond acceptors (Lipinski definition) is 4. The van der Waals surface area contributed by atoms with Crippen LogP contribution in [0.15, 0.2) is 12.4 Å². The average molecular weight is 262 g/mol. The number of carbonyl (C=O) groups excluding carboxylic acids is 1. The fraction of sp³-hybridized carbons (Fsp3) is 0.643. The second-order valence-electron chi connectivity index (χ2n) is 5.08. The Bertz CT molecular complexity index is 432. The molecule has 2 unspecified atom stereocenters. The van der Waals surface area contributed by atoms with E-state index in [1.807, 2.05) is 11.8 Å². The molecular formula is C14H22N4O. The third-order valence-electron chi connectivity index (χ3n) is 3.72. The zero-order valence-electron chi connectivity index (χ0n) is 11.9. The fourth-order valence-corrected chi connectivity index (χ4v) is 2.40. The van der Waals surface area contributed by atoms with Crippen LogP contribution in [0.4, 0.5) is 0 Å². The predicted molar refractivity (Wildman–Crippen MR) is 74.0 cm³/mol. The van der Waals surface area contributed by atoms with E-state index in [-0.39, 0.29) is 11.9 Å². The molecule has 1 saturated heterocycles. The highest BCUT2D eigenvalue weighted by molar-refractivity contribution is 5.92. The van der Waals surface area contributed by atoms with E-state index in [0.717, 1.165) is 31.6 Å². The molecule has 19 heavy (non-hydrogen) atoms. The van der Waals surface area contributed by atoms with Crippen molar-refractivity contribution in [2.45, 2.75) is 45.7 Å². The number of aryl methyl sites for hydroxylation is 1. The summed E-state index contributed by atoms with van der Waals surface area (Å²) >= 11 is 0. The number of piperazine rings is 1. The fourth-order valence-electron chi connectivity index (χ4n) is 2.40. The first-order valence-corrected chi connectivity index (χ1v) is 6.98. The molecule has 1 aliphatic rings. The molecule has 1 aromatic heterocycles. The lowest BCUT2D eigenvalue weighted by atomic mass is 10.0. The molecule has 0 spiro atoms. The van der Waals surface area contributed by atoms with Crippen LogP contribution in [0.2, 0.25) is 0 Å². The van der Waals surface area contributed by atoms with Gasteiger partial charge in [0.1, 0.15) is 5.69 Å². The molecule has 5 nitrogen and oxygen atoms in total. The van der Waals surface area contributed by atoms with Gasteiger partial charge in [-0.05, 0) is 19.8 Å². The van der Waals surface area contributed by atoms with Crippen molar-refractivity contribution >= 4 is 5.91 Å². The molecule has 2 atom stereocenters. The molecule has 1 aromatic rings. The van der Waals surface area contributed by atoms with Crippen molar-refractivity contribution in [1.29, 1.82) is 0 Å². The van der Waals surface area contributed by atoms with Crippen LogP contribution in [-0.4, -0.2) is 45.9 Å². The van der Waals surface area contributed by atoms with Gasteiger partial charge in [-0.3, -0.25) is 9.78 Å². The van der Waals surface area contributed by atoms with E-state index in [2.05, 4.69) is 29.1 Å². The maximum absolute atomic E-state index is 12.5. The highest BCUT2D eigenvalue weighted by atomic mass is 16.2. The summed E-state index contributed by atoms with van der Waals surface area (Å²) < 4.78 is 0. The van der Waals surface area contributed by atoms with Gasteiger partial charge in [0.2, 0.25) is 0 Å². The Kier molecular flexibility index (Phi) is 4.47. The maximum atomic E-state index is 12.5. The Morgan fingerprint density at radius 1 is 1.37 bits per heavy atom. The van der Waals surface area contributed by atoms with E-state index in [1.54, 1.807) is 12.4 Å². The molecule has 2 heterocycles. The van der Waals surface area contributed by atoms with Crippen molar-refractivity contribution in [3.8, 4) is 0 Å². The normalized spacial score (nSPS) is 23.4. The Balaban J connectivity index is 2.16. The topological polar surface area (TPSA) is 58.1 Å². The summed E-state index contributed by atoms with van der Waals surface area (Å²) in [6.45, 7) is 7.73. The number of rotatable bonds is 3. The number of nitrogens with zero attached hydrogens (tertiary/aromatic N) is 3. The van der Waals surface area contributed by atoms with E-state index >= 15 is 0 Å². The van der Waals surface area contributed by atoms with Gasteiger partial charge in [-0.15, -0.1) is 0 Å². The van der Waals surface area contributed by atoms with Gasteiger partial charge in [0, 0.05) is 31.4 Å². The van der Waals surface area contributed by atoms with Crippen molar-refractivity contribution in [1.82, 2.24) is 20.2 Å². The first kappa shape index (κ1) is 13.9. The summed E-state index contributed by atoms with van der Waals surface area (Å²) in [5, 5.41) is 3.49. The third kappa shape index (κ3) is 3.10. The minimum atomic E-state index is -0.000648. The van der Waals surface area contributed by atoms with Crippen LogP contribution in [0.5, 0.6) is 0 Å². The lowest BCUT2D eigenvalue weighted by Crippen LogP contribution is -2.58. The molecule has 104 valence electrons. The van der Waals surface area contributed by atoms with Gasteiger partial charge in [0.25, 0.3) is 5.91 Å². The molecule has 0 bridgehead atoms. The molecule has 2 rings (SSSR count). The molecular weight excluding hydrogens is 240 g/mol. The molecule has 1 amide bonds. The second-order valence-corrected chi connectivity index (χ2v) is 5.08. The van der Waals surface area contributed by atoms with Crippen molar-refractivity contribution in [2.24, 2.45) is 0 Å². The SMILES string of the molecule is CCC1CN(C(=O)c2cnc(C)cn2)C(CC)CN1. The van der Waals surface area contributed by atoms with Crippen LogP contribution < -0.4 is 5.32 Å². The number of aromatic nitrogens is 2. The minimum absolute atomic E-state index is 0.000648. The van der Waals surface area contributed by atoms with Gasteiger partial charge in [0.15, 0.2) is 0 Å². The van der Waals surface area contributed by atoms with E-state index in [0.29, 0.717) is 11.7 Å². The van der Waals surface area contributed by atoms with E-state index < -0.39 is 0 Å². The first-order chi connectivity index (χ1) is 9.15. The average Bonchev–Trinajstić information content (AvgIpc) is 2.46. The zero-order valence-corrected chi connectivity index (χ0v) is 11.9. The Labute approximate surface area is 114 Å². The Hall–Kier alpha value is -1.49. The van der Waals surface area contributed by atoms with Gasteiger partial charge < -0.3 is 10.2 Å². The molecule has 1 aliphatic heterocycles. The molecule has 1 fully saturated rings. The van der Waals surface area contributed by atoms with Crippen LogP contribution in [0.1, 0.15) is 42.9 Å². The summed E-state index contributed by atoms with van der Waals surface area (Å²) in [4.78, 5) is 22.8. The molecule has 0 aliphatic carbocycles. The van der Waals surface area contributed by atoms with Crippen molar-refractivity contribution in [3.63, 3.8) is 0 Å². The monoisotopic (exact) mass is 262 g/mol. The number of nitrogens with one attached hydrogen (secondary N) is 1. The van der Waals surface area contributed by atoms with Gasteiger partial charge >= 0.3 is 0 Å². The standard InChI is InChI=1S/C14H22N4O/c1-4-11-9-18(12(5-2)7-16-11)14(19)13-8-15-10(3)6-17-13/h6,8,11-12,16H,4-5,7,9H2,1-3H3. The van der Waals surface area contributed by atoms with Crippen LogP contribution in [0.25, 0.3) is 0 Å². The highest BCUT2D eigenvalue weighted by Crippen LogP contribution is 2.15. The maximum Gasteiger partial charge on any atom is 0.274 e. The number of carbonyl (C=O) groups is 1. The quantitative estimate of drug-likeness (QED) is 0.894. The lowest BCUT2D eigenvalue weighted by Gasteiger charge is -2.39. The molecule has 0 radical (unpaired) electrons. The Morgan fingerprint density at radius 3 is 2.74 bits per heavy atom. The van der Waals surface area contributed by atoms with Crippen LogP contribution in [-0.2, 0) is 0 Å². The van der Waals surface area contributed by atoms with Crippen molar-refractivity contribution in [3.05, 3.63) is 23.8 Å². The minimum Gasteiger partial charge on any atom is -0.331 e. The predicted octanol–water partition coefficient (Wildman–Crippen LogP) is 1.39. The lowest BCUT2D eigenvalue weighted by molar-refractivity contribution is 0.0569. The van der Waals surface area contributed by atoms with E-state index in [1.165, 1.54) is 0 Å². The van der Waals surface area contributed by atoms with Crippen LogP contribution in [0, 0.1) is 6.92 Å². The summed E-state index contributed by atoms with van der Waals surface area (Å²) in [5.74, 6) is -0.000648. The summed E-state index contributed by atoms with van der Waals surface area (Å²) in [6, 6.07) is 0.628. The Morgan fingerprint density at radius 2 is 2.16 bits per heavy atom. The largest absolute Gasteiger partial charge is 0.331 e. The summed E-state index contributed by atoms with van der Waals surface area (Å²) in [7, 11) is 0. The third-order valence-corrected chi connectivity index (χ3v) is 3.72. The number of hydrogen-bond donors (Lipinski definition) is 1. The van der Waals surface area contributed by atoms with Gasteiger partial charge in [-0.2, -0.15) is 0 Å². The zero-order chi connectivity index (χ0) is 13.8. The molecule has 5 heteroatoms. The molecule has 0 saturated carbocycles. The van der Waals surface area contributed by atoms with E-state index in [4.69, 9.17) is 0 Å². The van der Waals surface area contributed by atoms with Gasteiger partial charge in [-0.1, -0.05) is 13.8 Å². The van der Waals surface area contributed by atoms with Gasteiger partial charge in [-0.25, -0.2) is 4.98 Å². The highest BCUT2D eigenvalue weighted by Gasteiger charge is 2.30. The second kappa shape index (κ2) is 6.10. The summed E-state index contributed by atoms with van der Waals surface area (Å²) in [6.07, 6.45) is 5.20. The van der Waals surface area contributed by atoms with Crippen LogP contribution >= 0.6 is 0 Å². The summed E-state index contributed by atoms with van der Waals surface area (Å²) in [5.41, 5.74) is 1.27. The van der Waals surface area contributed by atoms with Crippen molar-refractivity contribution in [2.75, 3.05) is 13.1 Å². The van der Waals surface area contributed by atoms with Gasteiger partial charge in [0.05, 0.1) is 11.9 Å². The smallest absolute Gasteiger partial charge is 0.274 e. The molecule has 0 aromatic carbocycles. The van der Waals surface area contributed by atoms with E-state index in [9.17, 15) is 4.79 Å².